The van der Waals surface area contributed by atoms with Crippen LogP contribution in [0.25, 0.3) is 0 Å². The molecule has 4 nitrogen and oxygen atoms in total. The summed E-state index contributed by atoms with van der Waals surface area (Å²) in [4.78, 5) is 26.8. The van der Waals surface area contributed by atoms with E-state index in [-0.39, 0.29) is 5.91 Å². The summed E-state index contributed by atoms with van der Waals surface area (Å²) in [5.74, 6) is -0.802. The first-order chi connectivity index (χ1) is 11.3. The molecule has 0 spiro atoms. The minimum absolute atomic E-state index is 0.294. The van der Waals surface area contributed by atoms with E-state index >= 15 is 0 Å². The molecule has 0 saturated carbocycles. The molecule has 0 aliphatic carbocycles. The highest BCUT2D eigenvalue weighted by Gasteiger charge is 2.44. The van der Waals surface area contributed by atoms with Gasteiger partial charge < -0.3 is 4.74 Å². The van der Waals surface area contributed by atoms with Gasteiger partial charge in [0.2, 0.25) is 5.91 Å². The Morgan fingerprint density at radius 3 is 2.38 bits per heavy atom. The number of fused-ring (bicyclic) bond motifs is 1. The van der Waals surface area contributed by atoms with Crippen molar-refractivity contribution in [2.45, 2.75) is 32.3 Å². The minimum Gasteiger partial charge on any atom is -0.443 e. The summed E-state index contributed by atoms with van der Waals surface area (Å²) in [5, 5.41) is 0. The average molecular weight is 388 g/mol. The lowest BCUT2D eigenvalue weighted by Crippen LogP contribution is -2.39. The van der Waals surface area contributed by atoms with E-state index in [0.717, 1.165) is 16.0 Å². The van der Waals surface area contributed by atoms with E-state index in [1.54, 1.807) is 20.8 Å². The molecular weight excluding hydrogens is 370 g/mol. The van der Waals surface area contributed by atoms with E-state index in [9.17, 15) is 9.59 Å². The smallest absolute Gasteiger partial charge is 0.421 e. The van der Waals surface area contributed by atoms with E-state index in [1.807, 2.05) is 48.5 Å². The maximum atomic E-state index is 13.0. The summed E-state index contributed by atoms with van der Waals surface area (Å²) >= 11 is 3.46. The average Bonchev–Trinajstić information content (AvgIpc) is 2.80. The van der Waals surface area contributed by atoms with Crippen LogP contribution < -0.4 is 4.90 Å². The molecule has 0 saturated heterocycles. The van der Waals surface area contributed by atoms with Crippen LogP contribution in [0, 0.1) is 0 Å². The molecular formula is C19H18BrNO3. The van der Waals surface area contributed by atoms with Gasteiger partial charge in [-0.2, -0.15) is 0 Å². The first-order valence-electron chi connectivity index (χ1n) is 7.70. The standard InChI is InChI=1S/C19H18BrNO3/c1-19(2,3)24-18(23)21-16-13(10-7-11-14(16)20)15(17(21)22)12-8-5-4-6-9-12/h4-11,15H,1-3H3. The molecule has 0 fully saturated rings. The number of ether oxygens (including phenoxy) is 1. The number of hydrogen-bond acceptors (Lipinski definition) is 3. The molecule has 1 aliphatic rings. The van der Waals surface area contributed by atoms with Gasteiger partial charge in [-0.3, -0.25) is 4.79 Å². The zero-order valence-electron chi connectivity index (χ0n) is 13.7. The van der Waals surface area contributed by atoms with E-state index in [4.69, 9.17) is 4.74 Å². The highest BCUT2D eigenvalue weighted by atomic mass is 79.9. The van der Waals surface area contributed by atoms with Gasteiger partial charge in [0.15, 0.2) is 0 Å². The van der Waals surface area contributed by atoms with Crippen LogP contribution in [0.2, 0.25) is 0 Å². The zero-order valence-corrected chi connectivity index (χ0v) is 15.3. The first-order valence-corrected chi connectivity index (χ1v) is 8.49. The molecule has 2 aromatic carbocycles. The Kier molecular flexibility index (Phi) is 4.22. The van der Waals surface area contributed by atoms with Crippen molar-refractivity contribution in [3.63, 3.8) is 0 Å². The number of carbonyl (C=O) groups excluding carboxylic acids is 2. The van der Waals surface area contributed by atoms with E-state index < -0.39 is 17.6 Å². The van der Waals surface area contributed by atoms with Gasteiger partial charge in [-0.1, -0.05) is 42.5 Å². The quantitative estimate of drug-likeness (QED) is 0.701. The van der Waals surface area contributed by atoms with Gasteiger partial charge in [-0.15, -0.1) is 0 Å². The lowest BCUT2D eigenvalue weighted by atomic mass is 9.93. The van der Waals surface area contributed by atoms with Crippen molar-refractivity contribution in [3.8, 4) is 0 Å². The van der Waals surface area contributed by atoms with Crippen LogP contribution in [-0.2, 0) is 9.53 Å². The third kappa shape index (κ3) is 2.96. The Morgan fingerprint density at radius 1 is 1.08 bits per heavy atom. The van der Waals surface area contributed by atoms with Crippen molar-refractivity contribution in [3.05, 3.63) is 64.1 Å². The predicted octanol–water partition coefficient (Wildman–Crippen LogP) is 4.86. The molecule has 0 radical (unpaired) electrons. The molecule has 2 amide bonds. The maximum absolute atomic E-state index is 13.0. The number of rotatable bonds is 1. The largest absolute Gasteiger partial charge is 0.443 e. The minimum atomic E-state index is -0.677. The summed E-state index contributed by atoms with van der Waals surface area (Å²) in [6.07, 6.45) is -0.654. The highest BCUT2D eigenvalue weighted by Crippen LogP contribution is 2.45. The van der Waals surface area contributed by atoms with Crippen LogP contribution in [0.4, 0.5) is 10.5 Å². The molecule has 1 unspecified atom stereocenters. The van der Waals surface area contributed by atoms with Crippen LogP contribution in [0.15, 0.2) is 53.0 Å². The second-order valence-corrected chi connectivity index (χ2v) is 7.53. The van der Waals surface area contributed by atoms with Crippen molar-refractivity contribution >= 4 is 33.6 Å². The van der Waals surface area contributed by atoms with Crippen LogP contribution in [0.1, 0.15) is 37.8 Å². The van der Waals surface area contributed by atoms with Gasteiger partial charge in [0, 0.05) is 4.47 Å². The number of anilines is 1. The van der Waals surface area contributed by atoms with Gasteiger partial charge in [-0.05, 0) is 53.9 Å². The first kappa shape index (κ1) is 16.7. The number of para-hydroxylation sites is 1. The molecule has 2 aromatic rings. The fourth-order valence-corrected chi connectivity index (χ4v) is 3.39. The topological polar surface area (TPSA) is 46.6 Å². The number of halogens is 1. The van der Waals surface area contributed by atoms with Crippen molar-refractivity contribution < 1.29 is 14.3 Å². The van der Waals surface area contributed by atoms with Gasteiger partial charge in [0.1, 0.15) is 5.60 Å². The number of nitrogens with zero attached hydrogens (tertiary/aromatic N) is 1. The van der Waals surface area contributed by atoms with Crippen molar-refractivity contribution in [1.29, 1.82) is 0 Å². The maximum Gasteiger partial charge on any atom is 0.421 e. The van der Waals surface area contributed by atoms with E-state index in [0.29, 0.717) is 10.2 Å². The molecule has 0 aromatic heterocycles. The summed E-state index contributed by atoms with van der Waals surface area (Å²) in [6.45, 7) is 5.34. The van der Waals surface area contributed by atoms with E-state index in [1.165, 1.54) is 0 Å². The molecule has 0 bridgehead atoms. The molecule has 1 atom stereocenters. The molecule has 0 N–H and O–H groups in total. The van der Waals surface area contributed by atoms with Crippen LogP contribution in [0.3, 0.4) is 0 Å². The van der Waals surface area contributed by atoms with Crippen LogP contribution in [0.5, 0.6) is 0 Å². The Hall–Kier alpha value is -2.14. The second-order valence-electron chi connectivity index (χ2n) is 6.68. The number of carbonyl (C=O) groups is 2. The summed E-state index contributed by atoms with van der Waals surface area (Å²) in [5.41, 5.74) is 1.54. The fourth-order valence-electron chi connectivity index (χ4n) is 2.83. The lowest BCUT2D eigenvalue weighted by molar-refractivity contribution is -0.118. The summed E-state index contributed by atoms with van der Waals surface area (Å²) in [7, 11) is 0. The zero-order chi connectivity index (χ0) is 17.5. The molecule has 24 heavy (non-hydrogen) atoms. The third-order valence-corrected chi connectivity index (χ3v) is 4.37. The SMILES string of the molecule is CC(C)(C)OC(=O)N1C(=O)C(c2ccccc2)c2cccc(Br)c21. The third-order valence-electron chi connectivity index (χ3n) is 3.73. The summed E-state index contributed by atoms with van der Waals surface area (Å²) in [6, 6.07) is 15.0. The number of amides is 2. The van der Waals surface area contributed by atoms with Gasteiger partial charge in [-0.25, -0.2) is 9.69 Å². The Labute approximate surface area is 149 Å². The Morgan fingerprint density at radius 2 is 1.75 bits per heavy atom. The van der Waals surface area contributed by atoms with Gasteiger partial charge >= 0.3 is 6.09 Å². The monoisotopic (exact) mass is 387 g/mol. The predicted molar refractivity (Wildman–Crippen MR) is 96.1 cm³/mol. The molecule has 1 aliphatic heterocycles. The van der Waals surface area contributed by atoms with Crippen molar-refractivity contribution in [1.82, 2.24) is 0 Å². The van der Waals surface area contributed by atoms with Crippen LogP contribution >= 0.6 is 15.9 Å². The lowest BCUT2D eigenvalue weighted by Gasteiger charge is -2.24. The number of benzene rings is 2. The Bertz CT molecular complexity index is 796. The highest BCUT2D eigenvalue weighted by molar-refractivity contribution is 9.10. The van der Waals surface area contributed by atoms with Crippen molar-refractivity contribution in [2.24, 2.45) is 0 Å². The normalized spacial score (nSPS) is 16.9. The number of hydrogen-bond donors (Lipinski definition) is 0. The second kappa shape index (κ2) is 6.06. The van der Waals surface area contributed by atoms with Gasteiger partial charge in [0.05, 0.1) is 11.6 Å². The van der Waals surface area contributed by atoms with E-state index in [2.05, 4.69) is 15.9 Å². The number of imide groups is 1. The van der Waals surface area contributed by atoms with Crippen LogP contribution in [-0.4, -0.2) is 17.6 Å². The fraction of sp³-hybridized carbons (Fsp3) is 0.263. The Balaban J connectivity index is 2.10. The molecule has 1 heterocycles. The summed E-state index contributed by atoms with van der Waals surface area (Å²) < 4.78 is 6.13. The van der Waals surface area contributed by atoms with Gasteiger partial charge in [0.25, 0.3) is 0 Å². The molecule has 124 valence electrons. The molecule has 5 heteroatoms. The molecule has 3 rings (SSSR count). The van der Waals surface area contributed by atoms with Crippen molar-refractivity contribution in [2.75, 3.05) is 4.90 Å².